The fourth-order valence-corrected chi connectivity index (χ4v) is 2.53. The van der Waals surface area contributed by atoms with Crippen molar-refractivity contribution in [2.45, 2.75) is 19.4 Å². The van der Waals surface area contributed by atoms with E-state index in [4.69, 9.17) is 28.3 Å². The average Bonchev–Trinajstić information content (AvgIpc) is 2.53. The van der Waals surface area contributed by atoms with Crippen LogP contribution in [0.5, 0.6) is 0 Å². The quantitative estimate of drug-likeness (QED) is 0.892. The van der Waals surface area contributed by atoms with Crippen LogP contribution in [0, 0.1) is 0 Å². The first-order valence-corrected chi connectivity index (χ1v) is 6.01. The fourth-order valence-electron chi connectivity index (χ4n) is 1.07. The number of rotatable bonds is 4. The van der Waals surface area contributed by atoms with Gasteiger partial charge in [-0.2, -0.15) is 0 Å². The summed E-state index contributed by atoms with van der Waals surface area (Å²) in [7, 11) is 0. The summed E-state index contributed by atoms with van der Waals surface area (Å²) in [5.41, 5.74) is 0.205. The Bertz CT molecular complexity index is 419. The van der Waals surface area contributed by atoms with E-state index in [1.165, 1.54) is 6.07 Å². The van der Waals surface area contributed by atoms with Crippen LogP contribution in [0.4, 0.5) is 0 Å². The standard InChI is InChI=1S/C9H9Cl2NO3S/c1-2-5(9(14)15)12-8(13)4-3-6(10)16-7(4)11/h3,5H,2H2,1H3,(H,12,13)(H,14,15). The smallest absolute Gasteiger partial charge is 0.326 e. The zero-order valence-electron chi connectivity index (χ0n) is 8.29. The SMILES string of the molecule is CCC(NC(=O)c1cc(Cl)sc1Cl)C(=O)O. The lowest BCUT2D eigenvalue weighted by Gasteiger charge is -2.11. The van der Waals surface area contributed by atoms with Crippen LogP contribution in [0.15, 0.2) is 6.07 Å². The third-order valence-corrected chi connectivity index (χ3v) is 3.40. The highest BCUT2D eigenvalue weighted by Gasteiger charge is 2.21. The molecule has 0 aliphatic rings. The minimum atomic E-state index is -1.08. The average molecular weight is 282 g/mol. The third kappa shape index (κ3) is 3.10. The largest absolute Gasteiger partial charge is 0.480 e. The topological polar surface area (TPSA) is 66.4 Å². The van der Waals surface area contributed by atoms with E-state index in [2.05, 4.69) is 5.32 Å². The highest BCUT2D eigenvalue weighted by molar-refractivity contribution is 7.20. The molecular weight excluding hydrogens is 273 g/mol. The highest BCUT2D eigenvalue weighted by Crippen LogP contribution is 2.31. The fraction of sp³-hybridized carbons (Fsp3) is 0.333. The number of carbonyl (C=O) groups excluding carboxylic acids is 1. The van der Waals surface area contributed by atoms with Crippen LogP contribution in [0.2, 0.25) is 8.67 Å². The second-order valence-corrected chi connectivity index (χ2v) is 5.30. The molecule has 7 heteroatoms. The van der Waals surface area contributed by atoms with Crippen molar-refractivity contribution in [1.29, 1.82) is 0 Å². The van der Waals surface area contributed by atoms with Gasteiger partial charge in [-0.3, -0.25) is 4.79 Å². The lowest BCUT2D eigenvalue weighted by atomic mass is 10.2. The molecule has 0 bridgehead atoms. The molecule has 1 unspecified atom stereocenters. The van der Waals surface area contributed by atoms with E-state index in [0.717, 1.165) is 11.3 Å². The monoisotopic (exact) mass is 281 g/mol. The maximum absolute atomic E-state index is 11.6. The van der Waals surface area contributed by atoms with E-state index in [1.807, 2.05) is 0 Å². The lowest BCUT2D eigenvalue weighted by Crippen LogP contribution is -2.40. The van der Waals surface area contributed by atoms with Gasteiger partial charge in [0.2, 0.25) is 0 Å². The van der Waals surface area contributed by atoms with Gasteiger partial charge in [-0.1, -0.05) is 30.1 Å². The Morgan fingerprint density at radius 1 is 1.56 bits per heavy atom. The number of carboxylic acid groups (broad SMARTS) is 1. The van der Waals surface area contributed by atoms with Crippen molar-refractivity contribution in [3.63, 3.8) is 0 Å². The molecule has 1 heterocycles. The molecule has 0 aliphatic heterocycles. The van der Waals surface area contributed by atoms with Gasteiger partial charge in [-0.15, -0.1) is 11.3 Å². The predicted molar refractivity (Wildman–Crippen MR) is 63.5 cm³/mol. The molecule has 0 aromatic carbocycles. The van der Waals surface area contributed by atoms with E-state index < -0.39 is 17.9 Å². The van der Waals surface area contributed by atoms with Gasteiger partial charge in [-0.05, 0) is 12.5 Å². The van der Waals surface area contributed by atoms with Crippen LogP contribution in [0.25, 0.3) is 0 Å². The Labute approximate surface area is 106 Å². The van der Waals surface area contributed by atoms with Gasteiger partial charge in [0.1, 0.15) is 10.4 Å². The summed E-state index contributed by atoms with van der Waals surface area (Å²) in [5, 5.41) is 11.1. The normalized spacial score (nSPS) is 12.2. The maximum atomic E-state index is 11.6. The van der Waals surface area contributed by atoms with Gasteiger partial charge < -0.3 is 10.4 Å². The maximum Gasteiger partial charge on any atom is 0.326 e. The Morgan fingerprint density at radius 2 is 2.19 bits per heavy atom. The van der Waals surface area contributed by atoms with Gasteiger partial charge >= 0.3 is 5.97 Å². The molecule has 0 radical (unpaired) electrons. The molecule has 0 saturated carbocycles. The number of aliphatic carboxylic acids is 1. The van der Waals surface area contributed by atoms with E-state index in [-0.39, 0.29) is 9.90 Å². The van der Waals surface area contributed by atoms with Crippen LogP contribution >= 0.6 is 34.5 Å². The van der Waals surface area contributed by atoms with Crippen molar-refractivity contribution >= 4 is 46.4 Å². The molecule has 1 aromatic heterocycles. The van der Waals surface area contributed by atoms with Crippen molar-refractivity contribution in [2.75, 3.05) is 0 Å². The number of halogens is 2. The van der Waals surface area contributed by atoms with E-state index in [9.17, 15) is 9.59 Å². The van der Waals surface area contributed by atoms with Crippen molar-refractivity contribution in [3.05, 3.63) is 20.3 Å². The van der Waals surface area contributed by atoms with Gasteiger partial charge in [0.15, 0.2) is 0 Å². The number of carboxylic acids is 1. The number of hydrogen-bond donors (Lipinski definition) is 2. The second-order valence-electron chi connectivity index (χ2n) is 3.01. The van der Waals surface area contributed by atoms with Crippen molar-refractivity contribution in [2.24, 2.45) is 0 Å². The summed E-state index contributed by atoms with van der Waals surface area (Å²) in [5.74, 6) is -1.60. The number of amides is 1. The molecule has 16 heavy (non-hydrogen) atoms. The van der Waals surface area contributed by atoms with Crippen molar-refractivity contribution in [3.8, 4) is 0 Å². The summed E-state index contributed by atoms with van der Waals surface area (Å²) < 4.78 is 0.640. The van der Waals surface area contributed by atoms with Crippen LogP contribution in [0.3, 0.4) is 0 Å². The van der Waals surface area contributed by atoms with Crippen LogP contribution < -0.4 is 5.32 Å². The molecule has 1 rings (SSSR count). The van der Waals surface area contributed by atoms with E-state index in [1.54, 1.807) is 6.92 Å². The highest BCUT2D eigenvalue weighted by atomic mass is 35.5. The van der Waals surface area contributed by atoms with Gasteiger partial charge in [0.05, 0.1) is 9.90 Å². The van der Waals surface area contributed by atoms with Crippen LogP contribution in [-0.4, -0.2) is 23.0 Å². The first-order valence-electron chi connectivity index (χ1n) is 4.44. The van der Waals surface area contributed by atoms with E-state index >= 15 is 0 Å². The summed E-state index contributed by atoms with van der Waals surface area (Å²) in [6.45, 7) is 1.67. The second kappa shape index (κ2) is 5.52. The zero-order chi connectivity index (χ0) is 12.3. The van der Waals surface area contributed by atoms with E-state index in [0.29, 0.717) is 10.8 Å². The molecule has 4 nitrogen and oxygen atoms in total. The number of hydrogen-bond acceptors (Lipinski definition) is 3. The lowest BCUT2D eigenvalue weighted by molar-refractivity contribution is -0.139. The number of nitrogens with one attached hydrogen (secondary N) is 1. The van der Waals surface area contributed by atoms with Crippen molar-refractivity contribution in [1.82, 2.24) is 5.32 Å². The Balaban J connectivity index is 2.79. The molecule has 1 amide bonds. The zero-order valence-corrected chi connectivity index (χ0v) is 10.6. The Morgan fingerprint density at radius 3 is 2.56 bits per heavy atom. The minimum absolute atomic E-state index is 0.205. The molecule has 88 valence electrons. The van der Waals surface area contributed by atoms with Crippen LogP contribution in [0.1, 0.15) is 23.7 Å². The van der Waals surface area contributed by atoms with Gasteiger partial charge in [0.25, 0.3) is 5.91 Å². The van der Waals surface area contributed by atoms with Gasteiger partial charge in [0, 0.05) is 0 Å². The Hall–Kier alpha value is -0.780. The predicted octanol–water partition coefficient (Wildman–Crippen LogP) is 2.65. The number of thiophene rings is 1. The molecule has 0 spiro atoms. The molecule has 2 N–H and O–H groups in total. The minimum Gasteiger partial charge on any atom is -0.480 e. The molecule has 0 aliphatic carbocycles. The molecular formula is C9H9Cl2NO3S. The van der Waals surface area contributed by atoms with Gasteiger partial charge in [-0.25, -0.2) is 4.79 Å². The molecule has 0 saturated heterocycles. The third-order valence-electron chi connectivity index (χ3n) is 1.91. The summed E-state index contributed by atoms with van der Waals surface area (Å²) in [6, 6.07) is 0.501. The summed E-state index contributed by atoms with van der Waals surface area (Å²) in [4.78, 5) is 22.4. The first-order chi connectivity index (χ1) is 7.45. The summed E-state index contributed by atoms with van der Waals surface area (Å²) in [6.07, 6.45) is 0.302. The van der Waals surface area contributed by atoms with Crippen LogP contribution in [-0.2, 0) is 4.79 Å². The molecule has 0 fully saturated rings. The molecule has 1 aromatic rings. The number of carbonyl (C=O) groups is 2. The molecule has 1 atom stereocenters. The first kappa shape index (κ1) is 13.3. The Kier molecular flexibility index (Phi) is 4.58. The summed E-state index contributed by atoms with van der Waals surface area (Å²) >= 11 is 12.5. The van der Waals surface area contributed by atoms with Crippen molar-refractivity contribution < 1.29 is 14.7 Å².